The minimum atomic E-state index is -0.762. The van der Waals surface area contributed by atoms with Crippen LogP contribution in [0.25, 0.3) is 0 Å². The number of esters is 1. The number of fused-ring (bicyclic) bond motifs is 1. The highest BCUT2D eigenvalue weighted by molar-refractivity contribution is 6.22. The fourth-order valence-corrected chi connectivity index (χ4v) is 2.21. The van der Waals surface area contributed by atoms with E-state index in [9.17, 15) is 14.4 Å². The molecule has 0 aromatic heterocycles. The van der Waals surface area contributed by atoms with E-state index < -0.39 is 23.8 Å². The fourth-order valence-electron chi connectivity index (χ4n) is 2.21. The van der Waals surface area contributed by atoms with Gasteiger partial charge in [0, 0.05) is 6.42 Å². The fraction of sp³-hybridized carbons (Fsp3) is 0.250. The van der Waals surface area contributed by atoms with E-state index >= 15 is 0 Å². The number of cyclic esters (lactones) is 1. The predicted molar refractivity (Wildman–Crippen MR) is 56.3 cm³/mol. The molecule has 3 rings (SSSR count). The lowest BCUT2D eigenvalue weighted by Crippen LogP contribution is -2.42. The van der Waals surface area contributed by atoms with Crippen molar-refractivity contribution in [2.45, 2.75) is 12.5 Å². The Balaban J connectivity index is 2.03. The third-order valence-electron chi connectivity index (χ3n) is 3.04. The summed E-state index contributed by atoms with van der Waals surface area (Å²) in [6.07, 6.45) is 0.379. The molecule has 1 aromatic carbocycles. The molecule has 1 aromatic rings. The minimum absolute atomic E-state index is 0.261. The van der Waals surface area contributed by atoms with E-state index in [0.29, 0.717) is 17.5 Å². The van der Waals surface area contributed by atoms with Crippen molar-refractivity contribution in [3.8, 4) is 0 Å². The molecule has 0 radical (unpaired) electrons. The standard InChI is InChI=1S/C12H9NO4/c14-10-7-3-1-2-4-8(7)11(15)13(10)9-5-6-17-12(9)16/h1-4,9H,5-6H2/t9-/m0/s1. The number of rotatable bonds is 1. The van der Waals surface area contributed by atoms with Crippen LogP contribution in [0.4, 0.5) is 0 Å². The summed E-state index contributed by atoms with van der Waals surface area (Å²) < 4.78 is 4.79. The average molecular weight is 231 g/mol. The summed E-state index contributed by atoms with van der Waals surface area (Å²) in [4.78, 5) is 36.5. The molecule has 1 fully saturated rings. The molecular weight excluding hydrogens is 222 g/mol. The number of hydrogen-bond donors (Lipinski definition) is 0. The number of benzene rings is 1. The Morgan fingerprint density at radius 3 is 2.12 bits per heavy atom. The van der Waals surface area contributed by atoms with Gasteiger partial charge in [0.05, 0.1) is 17.7 Å². The van der Waals surface area contributed by atoms with Crippen LogP contribution < -0.4 is 0 Å². The van der Waals surface area contributed by atoms with E-state index in [1.807, 2.05) is 0 Å². The molecule has 0 saturated carbocycles. The summed E-state index contributed by atoms with van der Waals surface area (Å²) in [5, 5.41) is 0. The van der Waals surface area contributed by atoms with Gasteiger partial charge in [0.1, 0.15) is 6.04 Å². The van der Waals surface area contributed by atoms with E-state index in [-0.39, 0.29) is 6.61 Å². The zero-order valence-corrected chi connectivity index (χ0v) is 8.88. The van der Waals surface area contributed by atoms with Gasteiger partial charge in [-0.1, -0.05) is 12.1 Å². The van der Waals surface area contributed by atoms with Crippen LogP contribution >= 0.6 is 0 Å². The lowest BCUT2D eigenvalue weighted by molar-refractivity contribution is -0.141. The molecule has 0 aliphatic carbocycles. The van der Waals surface area contributed by atoms with Gasteiger partial charge >= 0.3 is 5.97 Å². The SMILES string of the molecule is O=C1OCC[C@@H]1N1C(=O)c2ccccc2C1=O. The van der Waals surface area contributed by atoms with Gasteiger partial charge in [-0.15, -0.1) is 0 Å². The number of amides is 2. The van der Waals surface area contributed by atoms with Crippen molar-refractivity contribution >= 4 is 17.8 Å². The molecule has 2 heterocycles. The zero-order chi connectivity index (χ0) is 12.0. The highest BCUT2D eigenvalue weighted by Gasteiger charge is 2.45. The van der Waals surface area contributed by atoms with Crippen molar-refractivity contribution in [3.05, 3.63) is 35.4 Å². The zero-order valence-electron chi connectivity index (χ0n) is 8.88. The minimum Gasteiger partial charge on any atom is -0.464 e. The van der Waals surface area contributed by atoms with Gasteiger partial charge in [0.25, 0.3) is 11.8 Å². The molecule has 2 amide bonds. The van der Waals surface area contributed by atoms with Crippen molar-refractivity contribution in [1.82, 2.24) is 4.90 Å². The van der Waals surface area contributed by atoms with Crippen LogP contribution in [0.2, 0.25) is 0 Å². The molecule has 0 spiro atoms. The van der Waals surface area contributed by atoms with E-state index in [0.717, 1.165) is 4.90 Å². The quantitative estimate of drug-likeness (QED) is 0.524. The number of nitrogens with zero attached hydrogens (tertiary/aromatic N) is 1. The van der Waals surface area contributed by atoms with E-state index in [4.69, 9.17) is 4.74 Å². The molecular formula is C12H9NO4. The van der Waals surface area contributed by atoms with Gasteiger partial charge in [-0.3, -0.25) is 14.5 Å². The van der Waals surface area contributed by atoms with Crippen molar-refractivity contribution in [2.75, 3.05) is 6.61 Å². The second kappa shape index (κ2) is 3.41. The van der Waals surface area contributed by atoms with Gasteiger partial charge in [-0.25, -0.2) is 4.79 Å². The van der Waals surface area contributed by atoms with Crippen LogP contribution in [0.5, 0.6) is 0 Å². The van der Waals surface area contributed by atoms with Crippen molar-refractivity contribution < 1.29 is 19.1 Å². The van der Waals surface area contributed by atoms with E-state index in [1.165, 1.54) is 0 Å². The molecule has 1 saturated heterocycles. The number of hydrogen-bond acceptors (Lipinski definition) is 4. The molecule has 0 N–H and O–H groups in total. The summed E-state index contributed by atoms with van der Waals surface area (Å²) >= 11 is 0. The molecule has 2 aliphatic rings. The largest absolute Gasteiger partial charge is 0.464 e. The normalized spacial score (nSPS) is 22.9. The summed E-state index contributed by atoms with van der Waals surface area (Å²) in [5.41, 5.74) is 0.717. The maximum Gasteiger partial charge on any atom is 0.329 e. The monoisotopic (exact) mass is 231 g/mol. The summed E-state index contributed by atoms with van der Waals surface area (Å²) in [7, 11) is 0. The van der Waals surface area contributed by atoms with Crippen LogP contribution in [-0.2, 0) is 9.53 Å². The Kier molecular flexibility index (Phi) is 2.01. The van der Waals surface area contributed by atoms with Gasteiger partial charge in [0.15, 0.2) is 0 Å². The highest BCUT2D eigenvalue weighted by Crippen LogP contribution is 2.27. The van der Waals surface area contributed by atoms with Crippen LogP contribution in [0, 0.1) is 0 Å². The average Bonchev–Trinajstić information content (AvgIpc) is 2.84. The number of carbonyl (C=O) groups excluding carboxylic acids is 3. The Bertz CT molecular complexity index is 502. The Morgan fingerprint density at radius 1 is 1.06 bits per heavy atom. The summed E-state index contributed by atoms with van der Waals surface area (Å²) in [6.45, 7) is 0.261. The Hall–Kier alpha value is -2.17. The molecule has 17 heavy (non-hydrogen) atoms. The maximum absolute atomic E-state index is 12.0. The van der Waals surface area contributed by atoms with Crippen LogP contribution in [0.3, 0.4) is 0 Å². The molecule has 5 nitrogen and oxygen atoms in total. The predicted octanol–water partition coefficient (Wildman–Crippen LogP) is 0.598. The van der Waals surface area contributed by atoms with Crippen LogP contribution in [0.15, 0.2) is 24.3 Å². The first-order valence-electron chi connectivity index (χ1n) is 5.33. The number of carbonyl (C=O) groups is 3. The van der Waals surface area contributed by atoms with Gasteiger partial charge < -0.3 is 4.74 Å². The van der Waals surface area contributed by atoms with Gasteiger partial charge in [-0.2, -0.15) is 0 Å². The number of ether oxygens (including phenoxy) is 1. The summed E-state index contributed by atoms with van der Waals surface area (Å²) in [5.74, 6) is -1.32. The maximum atomic E-state index is 12.0. The smallest absolute Gasteiger partial charge is 0.329 e. The topological polar surface area (TPSA) is 63.7 Å². The van der Waals surface area contributed by atoms with Crippen LogP contribution in [-0.4, -0.2) is 35.3 Å². The van der Waals surface area contributed by atoms with Crippen molar-refractivity contribution in [2.24, 2.45) is 0 Å². The molecule has 1 atom stereocenters. The second-order valence-electron chi connectivity index (χ2n) is 4.00. The first-order valence-corrected chi connectivity index (χ1v) is 5.33. The summed E-state index contributed by atoms with van der Waals surface area (Å²) in [6, 6.07) is 5.81. The first kappa shape index (κ1) is 10.0. The molecule has 86 valence electrons. The molecule has 2 aliphatic heterocycles. The van der Waals surface area contributed by atoms with Crippen molar-refractivity contribution in [1.29, 1.82) is 0 Å². The Labute approximate surface area is 97.0 Å². The lowest BCUT2D eigenvalue weighted by Gasteiger charge is -2.17. The van der Waals surface area contributed by atoms with E-state index in [2.05, 4.69) is 0 Å². The van der Waals surface area contributed by atoms with Crippen LogP contribution in [0.1, 0.15) is 27.1 Å². The van der Waals surface area contributed by atoms with E-state index in [1.54, 1.807) is 24.3 Å². The first-order chi connectivity index (χ1) is 8.20. The lowest BCUT2D eigenvalue weighted by atomic mass is 10.1. The molecule has 0 bridgehead atoms. The Morgan fingerprint density at radius 2 is 1.65 bits per heavy atom. The second-order valence-corrected chi connectivity index (χ2v) is 4.00. The molecule has 0 unspecified atom stereocenters. The third kappa shape index (κ3) is 1.28. The van der Waals surface area contributed by atoms with Gasteiger partial charge in [-0.05, 0) is 12.1 Å². The van der Waals surface area contributed by atoms with Gasteiger partial charge in [0.2, 0.25) is 0 Å². The molecule has 5 heteroatoms. The highest BCUT2D eigenvalue weighted by atomic mass is 16.5. The number of imide groups is 1. The van der Waals surface area contributed by atoms with Crippen molar-refractivity contribution in [3.63, 3.8) is 0 Å². The third-order valence-corrected chi connectivity index (χ3v) is 3.04.